The van der Waals surface area contributed by atoms with Crippen LogP contribution in [0.25, 0.3) is 0 Å². The van der Waals surface area contributed by atoms with Crippen LogP contribution >= 0.6 is 25.3 Å². The Bertz CT molecular complexity index is 176. The first kappa shape index (κ1) is 12.0. The second kappa shape index (κ2) is 4.86. The maximum atomic E-state index is 10.5. The Morgan fingerprint density at radius 2 is 1.50 bits per heavy atom. The largest absolute Gasteiger partial charge is 0.393 e. The minimum absolute atomic E-state index is 0.362. The van der Waals surface area contributed by atoms with E-state index in [1.54, 1.807) is 0 Å². The molecule has 0 unspecified atom stereocenters. The van der Waals surface area contributed by atoms with Gasteiger partial charge in [0.2, 0.25) is 0 Å². The molecule has 0 aliphatic carbocycles. The first-order valence-corrected chi connectivity index (χ1v) is 4.06. The van der Waals surface area contributed by atoms with Crippen molar-refractivity contribution in [1.82, 2.24) is 0 Å². The van der Waals surface area contributed by atoms with E-state index >= 15 is 0 Å². The smallest absolute Gasteiger partial charge is 0.188 e. The first-order valence-electron chi connectivity index (χ1n) is 3.16. The number of aliphatic hydroxyl groups excluding tert-OH is 1. The molecule has 0 fully saturated rings. The van der Waals surface area contributed by atoms with E-state index in [1.807, 2.05) is 0 Å². The van der Waals surface area contributed by atoms with E-state index in [2.05, 4.69) is 25.3 Å². The van der Waals surface area contributed by atoms with E-state index in [-0.39, 0.29) is 12.8 Å². The molecule has 70 valence electrons. The normalized spacial score (nSPS) is 11.3. The Balaban J connectivity index is 4.23. The number of carbonyl (C=O) groups is 2. The van der Waals surface area contributed by atoms with Gasteiger partial charge in [-0.2, -0.15) is 0 Å². The molecule has 0 aromatic carbocycles. The monoisotopic (exact) mass is 210 g/mol. The lowest BCUT2D eigenvalue weighted by Gasteiger charge is -2.22. The Hall–Kier alpha value is -0.0400. The Morgan fingerprint density at radius 3 is 1.67 bits per heavy atom. The van der Waals surface area contributed by atoms with Gasteiger partial charge in [0, 0.05) is 12.8 Å². The summed E-state index contributed by atoms with van der Waals surface area (Å²) in [4.78, 5) is 20.9. The van der Waals surface area contributed by atoms with Gasteiger partial charge in [-0.05, 0) is 0 Å². The van der Waals surface area contributed by atoms with Crippen molar-refractivity contribution in [3.63, 3.8) is 0 Å². The zero-order valence-corrected chi connectivity index (χ0v) is 8.02. The van der Waals surface area contributed by atoms with Crippen molar-refractivity contribution in [2.45, 2.75) is 18.4 Å². The minimum Gasteiger partial charge on any atom is -0.393 e. The number of rotatable bonds is 5. The molecule has 0 aromatic heterocycles. The van der Waals surface area contributed by atoms with Crippen LogP contribution in [-0.4, -0.2) is 32.7 Å². The third-order valence-corrected chi connectivity index (χ3v) is 1.57. The number of hydrogen-bond acceptors (Lipinski definition) is 4. The van der Waals surface area contributed by atoms with Crippen LogP contribution < -0.4 is 0 Å². The summed E-state index contributed by atoms with van der Waals surface area (Å²) in [6, 6.07) is 0. The van der Waals surface area contributed by atoms with Crippen molar-refractivity contribution in [1.29, 1.82) is 0 Å². The van der Waals surface area contributed by atoms with Gasteiger partial charge in [0.05, 0.1) is 6.61 Å². The highest BCUT2D eigenvalue weighted by atomic mass is 32.1. The van der Waals surface area contributed by atoms with Crippen molar-refractivity contribution in [3.05, 3.63) is 0 Å². The van der Waals surface area contributed by atoms with Crippen molar-refractivity contribution >= 4 is 35.5 Å². The van der Waals surface area contributed by atoms with Crippen LogP contribution in [-0.2, 0) is 9.59 Å². The molecule has 0 saturated heterocycles. The third-order valence-electron chi connectivity index (χ3n) is 1.25. The van der Waals surface area contributed by atoms with Gasteiger partial charge >= 0.3 is 0 Å². The summed E-state index contributed by atoms with van der Waals surface area (Å²) < 4.78 is 0. The molecular formula is C6H10O4S2. The van der Waals surface area contributed by atoms with E-state index in [4.69, 9.17) is 5.11 Å². The Kier molecular flexibility index (Phi) is 4.84. The molecule has 0 radical (unpaired) electrons. The number of aliphatic hydroxyl groups is 2. The van der Waals surface area contributed by atoms with E-state index in [0.717, 1.165) is 0 Å². The van der Waals surface area contributed by atoms with Gasteiger partial charge in [-0.1, -0.05) is 0 Å². The highest BCUT2D eigenvalue weighted by Crippen LogP contribution is 2.17. The van der Waals surface area contributed by atoms with Crippen LogP contribution in [0.15, 0.2) is 0 Å². The highest BCUT2D eigenvalue weighted by molar-refractivity contribution is 7.96. The molecule has 0 amide bonds. The molecule has 0 aliphatic rings. The number of carbonyl (C=O) groups excluding carboxylic acids is 2. The van der Waals surface area contributed by atoms with Gasteiger partial charge < -0.3 is 10.2 Å². The van der Waals surface area contributed by atoms with Crippen molar-refractivity contribution in [2.24, 2.45) is 0 Å². The molecule has 0 rings (SSSR count). The van der Waals surface area contributed by atoms with Crippen LogP contribution in [0.5, 0.6) is 0 Å². The molecule has 0 atom stereocenters. The lowest BCUT2D eigenvalue weighted by Crippen LogP contribution is -2.36. The lowest BCUT2D eigenvalue weighted by molar-refractivity contribution is -0.123. The summed E-state index contributed by atoms with van der Waals surface area (Å²) >= 11 is 6.84. The molecule has 0 aliphatic heterocycles. The summed E-state index contributed by atoms with van der Waals surface area (Å²) in [5.41, 5.74) is -1.71. The fourth-order valence-electron chi connectivity index (χ4n) is 0.737. The molecule has 12 heavy (non-hydrogen) atoms. The molecule has 4 nitrogen and oxygen atoms in total. The van der Waals surface area contributed by atoms with Gasteiger partial charge in [-0.25, -0.2) is 0 Å². The third kappa shape index (κ3) is 4.76. The molecule has 2 N–H and O–H groups in total. The highest BCUT2D eigenvalue weighted by Gasteiger charge is 2.30. The van der Waals surface area contributed by atoms with E-state index in [1.165, 1.54) is 0 Å². The zero-order chi connectivity index (χ0) is 9.78. The van der Waals surface area contributed by atoms with Crippen LogP contribution in [0.4, 0.5) is 0 Å². The zero-order valence-electron chi connectivity index (χ0n) is 6.23. The van der Waals surface area contributed by atoms with Crippen molar-refractivity contribution in [2.75, 3.05) is 6.61 Å². The SMILES string of the molecule is O=C(S)CC(O)(CO)CC(=O)S. The maximum Gasteiger partial charge on any atom is 0.188 e. The lowest BCUT2D eigenvalue weighted by atomic mass is 9.98. The molecule has 0 aromatic rings. The first-order chi connectivity index (χ1) is 5.39. The number of thiol groups is 2. The average molecular weight is 210 g/mol. The van der Waals surface area contributed by atoms with Gasteiger partial charge in [-0.3, -0.25) is 9.59 Å². The second-order valence-electron chi connectivity index (χ2n) is 2.52. The molecule has 6 heteroatoms. The molecule has 0 heterocycles. The van der Waals surface area contributed by atoms with Gasteiger partial charge in [0.15, 0.2) is 10.2 Å². The Labute approximate surface area is 80.8 Å². The van der Waals surface area contributed by atoms with Crippen molar-refractivity contribution < 1.29 is 19.8 Å². The average Bonchev–Trinajstić information content (AvgIpc) is 1.83. The van der Waals surface area contributed by atoms with Crippen LogP contribution in [0.3, 0.4) is 0 Å². The quantitative estimate of drug-likeness (QED) is 0.457. The second-order valence-corrected chi connectivity index (χ2v) is 3.52. The standard InChI is InChI=1S/C6H10O4S2/c7-3-6(10,1-4(8)11)2-5(9)12/h7,10H,1-3H2,(H,8,11)(H,9,12). The molecule has 0 spiro atoms. The van der Waals surface area contributed by atoms with Crippen molar-refractivity contribution in [3.8, 4) is 0 Å². The number of hydrogen-bond donors (Lipinski definition) is 4. The van der Waals surface area contributed by atoms with Gasteiger partial charge in [-0.15, -0.1) is 25.3 Å². The van der Waals surface area contributed by atoms with Gasteiger partial charge in [0.1, 0.15) is 5.60 Å². The van der Waals surface area contributed by atoms with E-state index < -0.39 is 22.4 Å². The molecular weight excluding hydrogens is 200 g/mol. The van der Waals surface area contributed by atoms with Crippen LogP contribution in [0.2, 0.25) is 0 Å². The fourth-order valence-corrected chi connectivity index (χ4v) is 1.33. The van der Waals surface area contributed by atoms with Crippen LogP contribution in [0, 0.1) is 0 Å². The summed E-state index contributed by atoms with van der Waals surface area (Å²) in [5.74, 6) is 0. The van der Waals surface area contributed by atoms with Gasteiger partial charge in [0.25, 0.3) is 0 Å². The minimum atomic E-state index is -1.71. The molecule has 0 bridgehead atoms. The van der Waals surface area contributed by atoms with E-state index in [9.17, 15) is 14.7 Å². The maximum absolute atomic E-state index is 10.5. The predicted molar refractivity (Wildman–Crippen MR) is 49.3 cm³/mol. The predicted octanol–water partition coefficient (Wildman–Crippen LogP) is -0.597. The summed E-state index contributed by atoms with van der Waals surface area (Å²) in [5, 5.41) is 16.9. The summed E-state index contributed by atoms with van der Waals surface area (Å²) in [6.07, 6.45) is -0.724. The Morgan fingerprint density at radius 1 is 1.17 bits per heavy atom. The fraction of sp³-hybridized carbons (Fsp3) is 0.667. The topological polar surface area (TPSA) is 74.6 Å². The summed E-state index contributed by atoms with van der Waals surface area (Å²) in [7, 11) is 0. The van der Waals surface area contributed by atoms with Crippen LogP contribution in [0.1, 0.15) is 12.8 Å². The molecule has 0 saturated carbocycles. The summed E-state index contributed by atoms with van der Waals surface area (Å²) in [6.45, 7) is -0.661. The van der Waals surface area contributed by atoms with E-state index in [0.29, 0.717) is 0 Å².